The lowest BCUT2D eigenvalue weighted by atomic mass is 10.0. The molecule has 0 aromatic carbocycles. The minimum absolute atomic E-state index is 0.0473. The number of rotatable bonds is 3. The quantitative estimate of drug-likeness (QED) is 0.820. The molecule has 17 heavy (non-hydrogen) atoms. The van der Waals surface area contributed by atoms with Crippen LogP contribution in [0.1, 0.15) is 34.6 Å². The van der Waals surface area contributed by atoms with Crippen molar-refractivity contribution in [3.63, 3.8) is 0 Å². The highest BCUT2D eigenvalue weighted by atomic mass is 32.2. The second-order valence-corrected chi connectivity index (χ2v) is 9.27. The van der Waals surface area contributed by atoms with Gasteiger partial charge >= 0.3 is 0 Å². The van der Waals surface area contributed by atoms with Gasteiger partial charge in [-0.1, -0.05) is 0 Å². The van der Waals surface area contributed by atoms with Crippen LogP contribution in [0.4, 0.5) is 0 Å². The summed E-state index contributed by atoms with van der Waals surface area (Å²) in [5, 5.41) is 3.34. The zero-order chi connectivity index (χ0) is 13.3. The molecule has 4 nitrogen and oxygen atoms in total. The minimum Gasteiger partial charge on any atom is -0.314 e. The molecule has 0 spiro atoms. The van der Waals surface area contributed by atoms with Gasteiger partial charge in [0, 0.05) is 31.7 Å². The molecule has 1 aliphatic heterocycles. The Morgan fingerprint density at radius 2 is 1.88 bits per heavy atom. The molecule has 0 saturated carbocycles. The van der Waals surface area contributed by atoms with Gasteiger partial charge in [0.25, 0.3) is 0 Å². The summed E-state index contributed by atoms with van der Waals surface area (Å²) < 4.78 is 23.5. The summed E-state index contributed by atoms with van der Waals surface area (Å²) in [7, 11) is -3.01. The van der Waals surface area contributed by atoms with Crippen molar-refractivity contribution < 1.29 is 8.42 Å². The van der Waals surface area contributed by atoms with Crippen LogP contribution in [0.3, 0.4) is 0 Å². The Balaban J connectivity index is 2.62. The highest BCUT2D eigenvalue weighted by Gasteiger charge is 2.33. The third-order valence-corrected chi connectivity index (χ3v) is 6.12. The van der Waals surface area contributed by atoms with Gasteiger partial charge in [0.2, 0.25) is 0 Å². The Hall–Kier alpha value is -0.130. The number of nitrogens with one attached hydrogen (secondary N) is 1. The number of sulfone groups is 1. The molecule has 0 atom stereocenters. The normalized spacial score (nSPS) is 22.6. The van der Waals surface area contributed by atoms with Crippen LogP contribution >= 0.6 is 0 Å². The molecule has 1 aliphatic rings. The summed E-state index contributed by atoms with van der Waals surface area (Å²) in [5.41, 5.74) is 0.0473. The monoisotopic (exact) mass is 262 g/mol. The predicted octanol–water partition coefficient (Wildman–Crippen LogP) is 0.884. The topological polar surface area (TPSA) is 49.4 Å². The smallest absolute Gasteiger partial charge is 0.156 e. The maximum Gasteiger partial charge on any atom is 0.156 e. The number of hydrogen-bond acceptors (Lipinski definition) is 4. The Labute approximate surface area is 106 Å². The maximum atomic E-state index is 12.1. The van der Waals surface area contributed by atoms with Gasteiger partial charge < -0.3 is 5.32 Å². The second-order valence-electron chi connectivity index (χ2n) is 6.41. The first-order valence-electron chi connectivity index (χ1n) is 6.24. The third kappa shape index (κ3) is 3.66. The SMILES string of the molecule is CC1(C)CNCCN1CCS(=O)(=O)C(C)(C)C. The summed E-state index contributed by atoms with van der Waals surface area (Å²) in [6.45, 7) is 13.0. The molecular formula is C12H26N2O2S. The van der Waals surface area contributed by atoms with Crippen molar-refractivity contribution in [1.29, 1.82) is 0 Å². The molecule has 1 heterocycles. The number of nitrogens with zero attached hydrogens (tertiary/aromatic N) is 1. The van der Waals surface area contributed by atoms with Crippen LogP contribution < -0.4 is 5.32 Å². The zero-order valence-electron chi connectivity index (χ0n) is 11.7. The van der Waals surface area contributed by atoms with E-state index in [1.54, 1.807) is 20.8 Å². The van der Waals surface area contributed by atoms with Crippen molar-refractivity contribution in [3.8, 4) is 0 Å². The highest BCUT2D eigenvalue weighted by Crippen LogP contribution is 2.19. The van der Waals surface area contributed by atoms with Gasteiger partial charge in [-0.25, -0.2) is 8.42 Å². The van der Waals surface area contributed by atoms with Crippen LogP contribution in [0.15, 0.2) is 0 Å². The van der Waals surface area contributed by atoms with Gasteiger partial charge in [-0.3, -0.25) is 4.90 Å². The maximum absolute atomic E-state index is 12.1. The first-order chi connectivity index (χ1) is 7.56. The first-order valence-corrected chi connectivity index (χ1v) is 7.90. The van der Waals surface area contributed by atoms with E-state index < -0.39 is 14.6 Å². The average Bonchev–Trinajstić information content (AvgIpc) is 2.13. The molecule has 0 unspecified atom stereocenters. The summed E-state index contributed by atoms with van der Waals surface area (Å²) in [6, 6.07) is 0. The van der Waals surface area contributed by atoms with Crippen LogP contribution in [0.5, 0.6) is 0 Å². The molecule has 1 rings (SSSR count). The fourth-order valence-corrected chi connectivity index (χ4v) is 3.05. The molecule has 0 aromatic rings. The first kappa shape index (κ1) is 14.9. The van der Waals surface area contributed by atoms with Gasteiger partial charge in [-0.2, -0.15) is 0 Å². The molecule has 0 radical (unpaired) electrons. The van der Waals surface area contributed by atoms with E-state index in [2.05, 4.69) is 24.1 Å². The van der Waals surface area contributed by atoms with Gasteiger partial charge in [0.15, 0.2) is 9.84 Å². The lowest BCUT2D eigenvalue weighted by Gasteiger charge is -2.43. The van der Waals surface area contributed by atoms with Gasteiger partial charge in [-0.05, 0) is 34.6 Å². The van der Waals surface area contributed by atoms with Crippen molar-refractivity contribution >= 4 is 9.84 Å². The predicted molar refractivity (Wildman–Crippen MR) is 72.1 cm³/mol. The highest BCUT2D eigenvalue weighted by molar-refractivity contribution is 7.92. The van der Waals surface area contributed by atoms with Gasteiger partial charge in [0.1, 0.15) is 0 Å². The van der Waals surface area contributed by atoms with E-state index in [0.29, 0.717) is 6.54 Å². The Morgan fingerprint density at radius 3 is 2.35 bits per heavy atom. The summed E-state index contributed by atoms with van der Waals surface area (Å²) in [5.74, 6) is 0.250. The molecule has 102 valence electrons. The van der Waals surface area contributed by atoms with Crippen molar-refractivity contribution in [3.05, 3.63) is 0 Å². The van der Waals surface area contributed by atoms with E-state index >= 15 is 0 Å². The van der Waals surface area contributed by atoms with Crippen LogP contribution in [-0.2, 0) is 9.84 Å². The van der Waals surface area contributed by atoms with Crippen LogP contribution in [-0.4, -0.2) is 55.5 Å². The molecule has 0 aromatic heterocycles. The summed E-state index contributed by atoms with van der Waals surface area (Å²) >= 11 is 0. The van der Waals surface area contributed by atoms with E-state index in [1.807, 2.05) is 0 Å². The average molecular weight is 262 g/mol. The van der Waals surface area contributed by atoms with E-state index in [1.165, 1.54) is 0 Å². The fourth-order valence-electron chi connectivity index (χ4n) is 1.97. The van der Waals surface area contributed by atoms with Crippen molar-refractivity contribution in [1.82, 2.24) is 10.2 Å². The van der Waals surface area contributed by atoms with Crippen molar-refractivity contribution in [2.24, 2.45) is 0 Å². The Bertz CT molecular complexity index is 355. The zero-order valence-corrected chi connectivity index (χ0v) is 12.5. The molecule has 1 N–H and O–H groups in total. The van der Waals surface area contributed by atoms with Gasteiger partial charge in [0.05, 0.1) is 10.5 Å². The lowest BCUT2D eigenvalue weighted by Crippen LogP contribution is -2.59. The minimum atomic E-state index is -3.01. The van der Waals surface area contributed by atoms with E-state index in [9.17, 15) is 8.42 Å². The Morgan fingerprint density at radius 1 is 1.29 bits per heavy atom. The number of piperazine rings is 1. The largest absolute Gasteiger partial charge is 0.314 e. The molecule has 0 bridgehead atoms. The molecule has 1 saturated heterocycles. The summed E-state index contributed by atoms with van der Waals surface area (Å²) in [6.07, 6.45) is 0. The molecule has 0 aliphatic carbocycles. The lowest BCUT2D eigenvalue weighted by molar-refractivity contribution is 0.0980. The van der Waals surface area contributed by atoms with Crippen LogP contribution in [0.25, 0.3) is 0 Å². The molecule has 1 fully saturated rings. The summed E-state index contributed by atoms with van der Waals surface area (Å²) in [4.78, 5) is 2.27. The second kappa shape index (κ2) is 4.86. The fraction of sp³-hybridized carbons (Fsp3) is 1.00. The van der Waals surface area contributed by atoms with Gasteiger partial charge in [-0.15, -0.1) is 0 Å². The van der Waals surface area contributed by atoms with Crippen LogP contribution in [0.2, 0.25) is 0 Å². The Kier molecular flexibility index (Phi) is 4.27. The van der Waals surface area contributed by atoms with E-state index in [4.69, 9.17) is 0 Å². The molecule has 0 amide bonds. The van der Waals surface area contributed by atoms with Crippen LogP contribution in [0, 0.1) is 0 Å². The van der Waals surface area contributed by atoms with Crippen molar-refractivity contribution in [2.45, 2.75) is 44.9 Å². The van der Waals surface area contributed by atoms with E-state index in [-0.39, 0.29) is 11.3 Å². The number of hydrogen-bond donors (Lipinski definition) is 1. The molecule has 5 heteroatoms. The third-order valence-electron chi connectivity index (χ3n) is 3.54. The molecular weight excluding hydrogens is 236 g/mol. The standard InChI is InChI=1S/C12H26N2O2S/c1-11(2,3)17(15,16)9-8-14-7-6-13-10-12(14,4)5/h13H,6-10H2,1-5H3. The van der Waals surface area contributed by atoms with Crippen molar-refractivity contribution in [2.75, 3.05) is 31.9 Å². The van der Waals surface area contributed by atoms with E-state index in [0.717, 1.165) is 19.6 Å².